The summed E-state index contributed by atoms with van der Waals surface area (Å²) in [5.74, 6) is 0. The van der Waals surface area contributed by atoms with Gasteiger partial charge < -0.3 is 4.90 Å². The van der Waals surface area contributed by atoms with Gasteiger partial charge in [-0.1, -0.05) is 6.92 Å². The summed E-state index contributed by atoms with van der Waals surface area (Å²) in [5.41, 5.74) is -0.203. The van der Waals surface area contributed by atoms with Gasteiger partial charge in [-0.15, -0.1) is 0 Å². The quantitative estimate of drug-likeness (QED) is 0.635. The zero-order chi connectivity index (χ0) is 9.90. The summed E-state index contributed by atoms with van der Waals surface area (Å²) in [7, 11) is 4.01. The van der Waals surface area contributed by atoms with Crippen molar-refractivity contribution in [2.45, 2.75) is 25.3 Å². The molecule has 0 amide bonds. The van der Waals surface area contributed by atoms with E-state index in [0.717, 1.165) is 32.5 Å². The molecule has 13 heavy (non-hydrogen) atoms. The third-order valence-electron chi connectivity index (χ3n) is 3.19. The molecule has 3 heteroatoms. The van der Waals surface area contributed by atoms with E-state index < -0.39 is 0 Å². The maximum atomic E-state index is 9.16. The maximum Gasteiger partial charge on any atom is 0.111 e. The summed E-state index contributed by atoms with van der Waals surface area (Å²) >= 11 is 0. The molecule has 0 aliphatic carbocycles. The molecule has 0 bridgehead atoms. The van der Waals surface area contributed by atoms with Crippen LogP contribution in [0.4, 0.5) is 0 Å². The Hall–Kier alpha value is -0.590. The molecule has 0 atom stereocenters. The standard InChI is InChI=1S/C10H19N3/c1-4-13-7-5-10(9-11,6-8-13)12(2)3/h4-8H2,1-3H3. The minimum absolute atomic E-state index is 0.203. The van der Waals surface area contributed by atoms with Crippen molar-refractivity contribution < 1.29 is 0 Å². The third kappa shape index (κ3) is 2.01. The van der Waals surface area contributed by atoms with Crippen molar-refractivity contribution in [3.8, 4) is 6.07 Å². The van der Waals surface area contributed by atoms with Gasteiger partial charge in [0.05, 0.1) is 6.07 Å². The van der Waals surface area contributed by atoms with Crippen LogP contribution in [-0.4, -0.2) is 49.1 Å². The zero-order valence-corrected chi connectivity index (χ0v) is 8.88. The molecular formula is C10H19N3. The first-order valence-electron chi connectivity index (χ1n) is 4.95. The second kappa shape index (κ2) is 4.08. The van der Waals surface area contributed by atoms with Gasteiger partial charge in [0.1, 0.15) is 5.54 Å². The maximum absolute atomic E-state index is 9.16. The number of likely N-dealkylation sites (tertiary alicyclic amines) is 1. The van der Waals surface area contributed by atoms with Crippen LogP contribution in [0.5, 0.6) is 0 Å². The highest BCUT2D eigenvalue weighted by Gasteiger charge is 2.36. The minimum Gasteiger partial charge on any atom is -0.303 e. The van der Waals surface area contributed by atoms with Crippen LogP contribution in [0, 0.1) is 11.3 Å². The highest BCUT2D eigenvalue weighted by Crippen LogP contribution is 2.25. The molecule has 0 spiro atoms. The van der Waals surface area contributed by atoms with Gasteiger partial charge in [0, 0.05) is 13.1 Å². The highest BCUT2D eigenvalue weighted by atomic mass is 15.2. The summed E-state index contributed by atoms with van der Waals surface area (Å²) in [6.07, 6.45) is 1.95. The van der Waals surface area contributed by atoms with Gasteiger partial charge in [-0.05, 0) is 33.5 Å². The molecule has 1 fully saturated rings. The smallest absolute Gasteiger partial charge is 0.111 e. The van der Waals surface area contributed by atoms with Crippen molar-refractivity contribution in [2.24, 2.45) is 0 Å². The normalized spacial score (nSPS) is 23.0. The molecule has 1 rings (SSSR count). The fourth-order valence-corrected chi connectivity index (χ4v) is 1.90. The monoisotopic (exact) mass is 181 g/mol. The molecule has 3 nitrogen and oxygen atoms in total. The number of hydrogen-bond acceptors (Lipinski definition) is 3. The van der Waals surface area contributed by atoms with E-state index in [2.05, 4.69) is 22.8 Å². The van der Waals surface area contributed by atoms with E-state index >= 15 is 0 Å². The Balaban J connectivity index is 2.60. The first-order valence-corrected chi connectivity index (χ1v) is 4.95. The summed E-state index contributed by atoms with van der Waals surface area (Å²) in [6, 6.07) is 2.46. The predicted octanol–water partition coefficient (Wildman–Crippen LogP) is 0.926. The van der Waals surface area contributed by atoms with Crippen molar-refractivity contribution in [3.05, 3.63) is 0 Å². The second-order valence-corrected chi connectivity index (χ2v) is 3.97. The number of rotatable bonds is 2. The summed E-state index contributed by atoms with van der Waals surface area (Å²) < 4.78 is 0. The van der Waals surface area contributed by atoms with Crippen LogP contribution < -0.4 is 0 Å². The Labute approximate surface area is 80.9 Å². The van der Waals surface area contributed by atoms with E-state index in [-0.39, 0.29) is 5.54 Å². The van der Waals surface area contributed by atoms with Crippen LogP contribution in [0.3, 0.4) is 0 Å². The average Bonchev–Trinajstić information content (AvgIpc) is 2.17. The molecule has 0 radical (unpaired) electrons. The van der Waals surface area contributed by atoms with E-state index in [9.17, 15) is 0 Å². The molecule has 0 aromatic carbocycles. The third-order valence-corrected chi connectivity index (χ3v) is 3.19. The number of nitriles is 1. The molecule has 1 aliphatic heterocycles. The van der Waals surface area contributed by atoms with Crippen LogP contribution in [0.15, 0.2) is 0 Å². The fraction of sp³-hybridized carbons (Fsp3) is 0.900. The number of hydrogen-bond donors (Lipinski definition) is 0. The lowest BCUT2D eigenvalue weighted by molar-refractivity contribution is 0.102. The summed E-state index contributed by atoms with van der Waals surface area (Å²) in [5, 5.41) is 9.16. The van der Waals surface area contributed by atoms with E-state index in [4.69, 9.17) is 5.26 Å². The molecule has 0 unspecified atom stereocenters. The first-order chi connectivity index (χ1) is 6.14. The molecule has 1 heterocycles. The van der Waals surface area contributed by atoms with Gasteiger partial charge in [-0.3, -0.25) is 4.90 Å². The zero-order valence-electron chi connectivity index (χ0n) is 8.88. The SMILES string of the molecule is CCN1CCC(C#N)(N(C)C)CC1. The second-order valence-electron chi connectivity index (χ2n) is 3.97. The van der Waals surface area contributed by atoms with Gasteiger partial charge in [-0.2, -0.15) is 5.26 Å². The highest BCUT2D eigenvalue weighted by molar-refractivity contribution is 5.09. The van der Waals surface area contributed by atoms with Crippen molar-refractivity contribution >= 4 is 0 Å². The van der Waals surface area contributed by atoms with Crippen LogP contribution in [0.2, 0.25) is 0 Å². The van der Waals surface area contributed by atoms with Crippen LogP contribution in [-0.2, 0) is 0 Å². The Kier molecular flexibility index (Phi) is 3.29. The molecule has 1 aliphatic rings. The molecular weight excluding hydrogens is 162 g/mol. The van der Waals surface area contributed by atoms with Gasteiger partial charge >= 0.3 is 0 Å². The molecule has 0 aromatic rings. The molecule has 0 saturated carbocycles. The summed E-state index contributed by atoms with van der Waals surface area (Å²) in [6.45, 7) is 5.40. The van der Waals surface area contributed by atoms with Crippen LogP contribution >= 0.6 is 0 Å². The topological polar surface area (TPSA) is 30.3 Å². The van der Waals surface area contributed by atoms with Crippen molar-refractivity contribution in [1.29, 1.82) is 5.26 Å². The van der Waals surface area contributed by atoms with E-state index in [1.807, 2.05) is 14.1 Å². The van der Waals surface area contributed by atoms with E-state index in [1.54, 1.807) is 0 Å². The predicted molar refractivity (Wildman–Crippen MR) is 53.4 cm³/mol. The van der Waals surface area contributed by atoms with Gasteiger partial charge in [0.2, 0.25) is 0 Å². The van der Waals surface area contributed by atoms with Crippen LogP contribution in [0.1, 0.15) is 19.8 Å². The van der Waals surface area contributed by atoms with Crippen molar-refractivity contribution in [2.75, 3.05) is 33.7 Å². The van der Waals surface area contributed by atoms with E-state index in [1.165, 1.54) is 0 Å². The molecule has 74 valence electrons. The number of nitrogens with zero attached hydrogens (tertiary/aromatic N) is 3. The Morgan fingerprint density at radius 1 is 1.38 bits per heavy atom. The molecule has 0 aromatic heterocycles. The Bertz CT molecular complexity index is 197. The molecule has 1 saturated heterocycles. The van der Waals surface area contributed by atoms with Gasteiger partial charge in [-0.25, -0.2) is 0 Å². The van der Waals surface area contributed by atoms with Gasteiger partial charge in [0.25, 0.3) is 0 Å². The number of piperidine rings is 1. The Morgan fingerprint density at radius 2 is 1.92 bits per heavy atom. The van der Waals surface area contributed by atoms with Crippen molar-refractivity contribution in [1.82, 2.24) is 9.80 Å². The van der Waals surface area contributed by atoms with Crippen LogP contribution in [0.25, 0.3) is 0 Å². The van der Waals surface area contributed by atoms with Crippen molar-refractivity contribution in [3.63, 3.8) is 0 Å². The van der Waals surface area contributed by atoms with Gasteiger partial charge in [0.15, 0.2) is 0 Å². The first kappa shape index (κ1) is 10.5. The lowest BCUT2D eigenvalue weighted by Crippen LogP contribution is -2.51. The lowest BCUT2D eigenvalue weighted by Gasteiger charge is -2.40. The Morgan fingerprint density at radius 3 is 2.23 bits per heavy atom. The fourth-order valence-electron chi connectivity index (χ4n) is 1.90. The lowest BCUT2D eigenvalue weighted by atomic mass is 9.88. The van der Waals surface area contributed by atoms with E-state index in [0.29, 0.717) is 0 Å². The summed E-state index contributed by atoms with van der Waals surface area (Å²) in [4.78, 5) is 4.47. The largest absolute Gasteiger partial charge is 0.303 e. The molecule has 0 N–H and O–H groups in total. The average molecular weight is 181 g/mol. The minimum atomic E-state index is -0.203.